The number of H-pyrrole nitrogens is 1. The molecule has 7 heteroatoms. The third-order valence-corrected chi connectivity index (χ3v) is 5.27. The lowest BCUT2D eigenvalue weighted by Crippen LogP contribution is -2.25. The summed E-state index contributed by atoms with van der Waals surface area (Å²) in [6.45, 7) is 5.64. The van der Waals surface area contributed by atoms with Crippen LogP contribution in [0.5, 0.6) is 0 Å². The highest BCUT2D eigenvalue weighted by molar-refractivity contribution is 5.70. The molecule has 3 rings (SSSR count). The second-order valence-corrected chi connectivity index (χ2v) is 8.87. The number of aromatic nitrogens is 4. The summed E-state index contributed by atoms with van der Waals surface area (Å²) in [5.74, 6) is 1.47. The van der Waals surface area contributed by atoms with Crippen molar-refractivity contribution in [3.05, 3.63) is 18.3 Å². The van der Waals surface area contributed by atoms with Gasteiger partial charge in [-0.15, -0.1) is 0 Å². The van der Waals surface area contributed by atoms with Gasteiger partial charge < -0.3 is 9.26 Å². The molecule has 28 heavy (non-hydrogen) atoms. The van der Waals surface area contributed by atoms with E-state index in [1.165, 1.54) is 38.5 Å². The summed E-state index contributed by atoms with van der Waals surface area (Å²) in [6.07, 6.45) is 13.5. The fraction of sp³-hybridized carbons (Fsp3) is 0.714. The molecule has 0 bridgehead atoms. The molecule has 7 nitrogen and oxygen atoms in total. The summed E-state index contributed by atoms with van der Waals surface area (Å²) in [7, 11) is 0. The summed E-state index contributed by atoms with van der Waals surface area (Å²) in [5, 5.41) is 10.7. The van der Waals surface area contributed by atoms with E-state index in [1.54, 1.807) is 12.4 Å². The van der Waals surface area contributed by atoms with E-state index >= 15 is 0 Å². The molecule has 1 aliphatic carbocycles. The average molecular weight is 389 g/mol. The fourth-order valence-corrected chi connectivity index (χ4v) is 3.92. The summed E-state index contributed by atoms with van der Waals surface area (Å²) < 4.78 is 11.0. The van der Waals surface area contributed by atoms with Gasteiger partial charge in [-0.25, -0.2) is 0 Å². The number of carbonyl (C=O) groups is 1. The maximum absolute atomic E-state index is 12.4. The second-order valence-electron chi connectivity index (χ2n) is 8.87. The molecule has 0 saturated heterocycles. The van der Waals surface area contributed by atoms with Crippen LogP contribution in [0.1, 0.15) is 90.4 Å². The number of aromatic amines is 1. The average Bonchev–Trinajstić information content (AvgIpc) is 3.32. The van der Waals surface area contributed by atoms with Crippen LogP contribution < -0.4 is 0 Å². The minimum atomic E-state index is -0.499. The molecule has 2 aromatic rings. The standard InChI is InChI=1S/C21H32N4O3/c1-21(2,3)27-18(26)12-16(11-7-10-15-8-5-4-6-9-15)20-24-19(25-28-20)17-13-22-23-14-17/h13-16H,4-12H2,1-3H3,(H,22,23). The van der Waals surface area contributed by atoms with Crippen LogP contribution in [0.25, 0.3) is 11.4 Å². The number of ether oxygens (including phenoxy) is 1. The van der Waals surface area contributed by atoms with Crippen molar-refractivity contribution in [1.82, 2.24) is 20.3 Å². The van der Waals surface area contributed by atoms with Crippen LogP contribution in [0.15, 0.2) is 16.9 Å². The fourth-order valence-electron chi connectivity index (χ4n) is 3.92. The minimum Gasteiger partial charge on any atom is -0.460 e. The SMILES string of the molecule is CC(C)(C)OC(=O)CC(CCCC1CCCCC1)c1nc(-c2cn[nH]c2)no1. The lowest BCUT2D eigenvalue weighted by molar-refractivity contribution is -0.155. The van der Waals surface area contributed by atoms with Gasteiger partial charge in [0, 0.05) is 12.1 Å². The molecule has 0 amide bonds. The highest BCUT2D eigenvalue weighted by atomic mass is 16.6. The Bertz CT molecular complexity index is 727. The molecule has 1 aliphatic rings. The van der Waals surface area contributed by atoms with Gasteiger partial charge in [0.25, 0.3) is 0 Å². The Balaban J connectivity index is 1.64. The lowest BCUT2D eigenvalue weighted by atomic mass is 9.84. The quantitative estimate of drug-likeness (QED) is 0.638. The molecule has 0 aliphatic heterocycles. The van der Waals surface area contributed by atoms with E-state index < -0.39 is 5.60 Å². The first-order valence-electron chi connectivity index (χ1n) is 10.5. The molecule has 1 unspecified atom stereocenters. The first kappa shape index (κ1) is 20.6. The number of carbonyl (C=O) groups excluding carboxylic acids is 1. The Kier molecular flexibility index (Phi) is 6.86. The molecule has 154 valence electrons. The zero-order valence-corrected chi connectivity index (χ0v) is 17.2. The molecule has 2 aromatic heterocycles. The third kappa shape index (κ3) is 6.17. The van der Waals surface area contributed by atoms with Crippen molar-refractivity contribution in [3.63, 3.8) is 0 Å². The van der Waals surface area contributed by atoms with Crippen LogP contribution >= 0.6 is 0 Å². The monoisotopic (exact) mass is 388 g/mol. The summed E-state index contributed by atoms with van der Waals surface area (Å²) >= 11 is 0. The van der Waals surface area contributed by atoms with Gasteiger partial charge >= 0.3 is 5.97 Å². The molecule has 1 atom stereocenters. The number of nitrogens with one attached hydrogen (secondary N) is 1. The van der Waals surface area contributed by atoms with Crippen LogP contribution in [-0.2, 0) is 9.53 Å². The van der Waals surface area contributed by atoms with Crippen LogP contribution in [0.3, 0.4) is 0 Å². The number of hydrogen-bond donors (Lipinski definition) is 1. The van der Waals surface area contributed by atoms with Gasteiger partial charge in [-0.3, -0.25) is 9.89 Å². The Labute approximate surface area is 166 Å². The predicted octanol–water partition coefficient (Wildman–Crippen LogP) is 5.03. The first-order valence-corrected chi connectivity index (χ1v) is 10.5. The van der Waals surface area contributed by atoms with Gasteiger partial charge in [0.2, 0.25) is 11.7 Å². The summed E-state index contributed by atoms with van der Waals surface area (Å²) in [5.41, 5.74) is 0.272. The van der Waals surface area contributed by atoms with Crippen LogP contribution in [0.2, 0.25) is 0 Å². The Morgan fingerprint density at radius 2 is 2.11 bits per heavy atom. The largest absolute Gasteiger partial charge is 0.460 e. The Morgan fingerprint density at radius 1 is 1.32 bits per heavy atom. The molecule has 0 aromatic carbocycles. The van der Waals surface area contributed by atoms with Crippen molar-refractivity contribution in [2.24, 2.45) is 5.92 Å². The van der Waals surface area contributed by atoms with Crippen molar-refractivity contribution in [1.29, 1.82) is 0 Å². The zero-order valence-electron chi connectivity index (χ0n) is 17.2. The molecule has 0 radical (unpaired) electrons. The lowest BCUT2D eigenvalue weighted by Gasteiger charge is -2.23. The molecule has 1 fully saturated rings. The van der Waals surface area contributed by atoms with Crippen molar-refractivity contribution in [2.75, 3.05) is 0 Å². The van der Waals surface area contributed by atoms with Crippen molar-refractivity contribution in [3.8, 4) is 11.4 Å². The second kappa shape index (κ2) is 9.34. The van der Waals surface area contributed by atoms with Crippen LogP contribution in [-0.4, -0.2) is 31.9 Å². The third-order valence-electron chi connectivity index (χ3n) is 5.27. The molecule has 2 heterocycles. The van der Waals surface area contributed by atoms with Gasteiger partial charge in [-0.05, 0) is 33.1 Å². The van der Waals surface area contributed by atoms with Gasteiger partial charge in [0.05, 0.1) is 18.2 Å². The first-order chi connectivity index (χ1) is 13.4. The van der Waals surface area contributed by atoms with E-state index in [0.29, 0.717) is 11.7 Å². The van der Waals surface area contributed by atoms with E-state index in [-0.39, 0.29) is 18.3 Å². The Hall–Kier alpha value is -2.18. The number of esters is 1. The van der Waals surface area contributed by atoms with E-state index in [1.807, 2.05) is 20.8 Å². The maximum Gasteiger partial charge on any atom is 0.307 e. The van der Waals surface area contributed by atoms with Crippen molar-refractivity contribution in [2.45, 2.75) is 90.1 Å². The van der Waals surface area contributed by atoms with Crippen molar-refractivity contribution >= 4 is 5.97 Å². The molecular weight excluding hydrogens is 356 g/mol. The Morgan fingerprint density at radius 3 is 2.79 bits per heavy atom. The van der Waals surface area contributed by atoms with E-state index in [9.17, 15) is 4.79 Å². The topological polar surface area (TPSA) is 93.9 Å². The predicted molar refractivity (Wildman–Crippen MR) is 106 cm³/mol. The molecular formula is C21H32N4O3. The van der Waals surface area contributed by atoms with E-state index in [2.05, 4.69) is 20.3 Å². The van der Waals surface area contributed by atoms with Gasteiger partial charge in [0.15, 0.2) is 0 Å². The summed E-state index contributed by atoms with van der Waals surface area (Å²) in [4.78, 5) is 16.9. The van der Waals surface area contributed by atoms with Crippen molar-refractivity contribution < 1.29 is 14.1 Å². The molecule has 0 spiro atoms. The number of rotatable bonds is 8. The van der Waals surface area contributed by atoms with E-state index in [4.69, 9.17) is 9.26 Å². The van der Waals surface area contributed by atoms with Gasteiger partial charge in [-0.2, -0.15) is 10.1 Å². The van der Waals surface area contributed by atoms with Crippen LogP contribution in [0, 0.1) is 5.92 Å². The zero-order chi connectivity index (χ0) is 20.0. The minimum absolute atomic E-state index is 0.119. The normalized spacial score (nSPS) is 16.8. The van der Waals surface area contributed by atoms with Gasteiger partial charge in [-0.1, -0.05) is 50.1 Å². The maximum atomic E-state index is 12.4. The number of nitrogens with zero attached hydrogens (tertiary/aromatic N) is 3. The van der Waals surface area contributed by atoms with E-state index in [0.717, 1.165) is 24.3 Å². The summed E-state index contributed by atoms with van der Waals surface area (Å²) in [6, 6.07) is 0. The van der Waals surface area contributed by atoms with Gasteiger partial charge in [0.1, 0.15) is 5.60 Å². The number of hydrogen-bond acceptors (Lipinski definition) is 6. The molecule has 1 saturated carbocycles. The highest BCUT2D eigenvalue weighted by Gasteiger charge is 2.26. The van der Waals surface area contributed by atoms with Crippen LogP contribution in [0.4, 0.5) is 0 Å². The highest BCUT2D eigenvalue weighted by Crippen LogP contribution is 2.32. The molecule has 1 N–H and O–H groups in total. The smallest absolute Gasteiger partial charge is 0.307 e.